The Kier molecular flexibility index (Phi) is 7.00. The van der Waals surface area contributed by atoms with Crippen molar-refractivity contribution in [3.63, 3.8) is 0 Å². The number of carbonyl (C=O) groups excluding carboxylic acids is 2. The van der Waals surface area contributed by atoms with Gasteiger partial charge in [0, 0.05) is 37.8 Å². The lowest BCUT2D eigenvalue weighted by molar-refractivity contribution is 0.0527. The van der Waals surface area contributed by atoms with E-state index in [0.29, 0.717) is 18.5 Å². The molecule has 1 amide bonds. The molecule has 0 spiro atoms. The SMILES string of the molecule is Cc1cc(C(=O)CCCCNC(=O)OC(C)(C)C)cnc1N1CCCC1. The molecule has 1 aliphatic heterocycles. The molecule has 0 atom stereocenters. The van der Waals surface area contributed by atoms with Crippen molar-refractivity contribution in [2.24, 2.45) is 0 Å². The Balaban J connectivity index is 1.72. The van der Waals surface area contributed by atoms with Crippen LogP contribution in [0.5, 0.6) is 0 Å². The van der Waals surface area contributed by atoms with Crippen molar-refractivity contribution >= 4 is 17.7 Å². The lowest BCUT2D eigenvalue weighted by Gasteiger charge is -2.19. The first-order chi connectivity index (χ1) is 12.3. The van der Waals surface area contributed by atoms with E-state index in [0.717, 1.165) is 37.3 Å². The van der Waals surface area contributed by atoms with E-state index in [-0.39, 0.29) is 5.78 Å². The second kappa shape index (κ2) is 9.01. The molecule has 0 bridgehead atoms. The van der Waals surface area contributed by atoms with Crippen LogP contribution in [0.1, 0.15) is 68.8 Å². The number of hydrogen-bond donors (Lipinski definition) is 1. The lowest BCUT2D eigenvalue weighted by atomic mass is 10.1. The highest BCUT2D eigenvalue weighted by molar-refractivity contribution is 5.96. The van der Waals surface area contributed by atoms with E-state index in [4.69, 9.17) is 4.74 Å². The van der Waals surface area contributed by atoms with E-state index in [2.05, 4.69) is 15.2 Å². The minimum atomic E-state index is -0.494. The van der Waals surface area contributed by atoms with Crippen molar-refractivity contribution in [2.75, 3.05) is 24.5 Å². The number of aryl methyl sites for hydroxylation is 1. The number of ketones is 1. The zero-order chi connectivity index (χ0) is 19.2. The maximum absolute atomic E-state index is 12.3. The number of nitrogens with zero attached hydrogens (tertiary/aromatic N) is 2. The number of rotatable bonds is 7. The van der Waals surface area contributed by atoms with Crippen LogP contribution in [-0.2, 0) is 4.74 Å². The van der Waals surface area contributed by atoms with Gasteiger partial charge in [-0.3, -0.25) is 4.79 Å². The lowest BCUT2D eigenvalue weighted by Crippen LogP contribution is -2.33. The monoisotopic (exact) mass is 361 g/mol. The Morgan fingerprint density at radius 2 is 1.92 bits per heavy atom. The Morgan fingerprint density at radius 3 is 2.54 bits per heavy atom. The first-order valence-electron chi connectivity index (χ1n) is 9.48. The smallest absolute Gasteiger partial charge is 0.407 e. The molecule has 6 nitrogen and oxygen atoms in total. The molecule has 1 N–H and O–H groups in total. The summed E-state index contributed by atoms with van der Waals surface area (Å²) in [6.45, 7) is 10.1. The molecule has 1 fully saturated rings. The average molecular weight is 361 g/mol. The fraction of sp³-hybridized carbons (Fsp3) is 0.650. The second-order valence-corrected chi connectivity index (χ2v) is 7.87. The topological polar surface area (TPSA) is 71.5 Å². The maximum Gasteiger partial charge on any atom is 0.407 e. The van der Waals surface area contributed by atoms with Crippen LogP contribution >= 0.6 is 0 Å². The number of nitrogens with one attached hydrogen (secondary N) is 1. The van der Waals surface area contributed by atoms with Crippen LogP contribution in [0.15, 0.2) is 12.3 Å². The van der Waals surface area contributed by atoms with Gasteiger partial charge in [-0.05, 0) is 65.0 Å². The number of hydrogen-bond acceptors (Lipinski definition) is 5. The van der Waals surface area contributed by atoms with E-state index >= 15 is 0 Å². The quantitative estimate of drug-likeness (QED) is 0.590. The van der Waals surface area contributed by atoms with Crippen molar-refractivity contribution in [1.29, 1.82) is 0 Å². The molecule has 0 saturated carbocycles. The zero-order valence-electron chi connectivity index (χ0n) is 16.4. The van der Waals surface area contributed by atoms with Gasteiger partial charge in [-0.1, -0.05) is 0 Å². The molecule has 6 heteroatoms. The average Bonchev–Trinajstić information content (AvgIpc) is 3.06. The maximum atomic E-state index is 12.3. The summed E-state index contributed by atoms with van der Waals surface area (Å²) < 4.78 is 5.17. The molecule has 26 heavy (non-hydrogen) atoms. The number of ether oxygens (including phenoxy) is 1. The molecule has 1 aromatic rings. The fourth-order valence-electron chi connectivity index (χ4n) is 3.04. The summed E-state index contributed by atoms with van der Waals surface area (Å²) in [5.41, 5.74) is 1.24. The summed E-state index contributed by atoms with van der Waals surface area (Å²) in [7, 11) is 0. The second-order valence-electron chi connectivity index (χ2n) is 7.87. The van der Waals surface area contributed by atoms with Crippen LogP contribution in [-0.4, -0.2) is 42.1 Å². The van der Waals surface area contributed by atoms with Gasteiger partial charge in [-0.15, -0.1) is 0 Å². The van der Waals surface area contributed by atoms with Crippen molar-refractivity contribution in [2.45, 2.75) is 65.4 Å². The summed E-state index contributed by atoms with van der Waals surface area (Å²) in [6, 6.07) is 1.95. The van der Waals surface area contributed by atoms with Crippen molar-refractivity contribution < 1.29 is 14.3 Å². The summed E-state index contributed by atoms with van der Waals surface area (Å²) in [6.07, 6.45) is 5.62. The van der Waals surface area contributed by atoms with E-state index < -0.39 is 11.7 Å². The van der Waals surface area contributed by atoms with Gasteiger partial charge in [-0.25, -0.2) is 9.78 Å². The highest BCUT2D eigenvalue weighted by atomic mass is 16.6. The van der Waals surface area contributed by atoms with E-state index in [9.17, 15) is 9.59 Å². The predicted octanol–water partition coefficient (Wildman–Crippen LogP) is 3.87. The van der Waals surface area contributed by atoms with Gasteiger partial charge in [-0.2, -0.15) is 0 Å². The molecule has 0 radical (unpaired) electrons. The molecule has 0 aliphatic carbocycles. The summed E-state index contributed by atoms with van der Waals surface area (Å²) in [5.74, 6) is 1.10. The standard InChI is InChI=1S/C20H31N3O3/c1-15-13-16(14-22-18(15)23-11-7-8-12-23)17(24)9-5-6-10-21-19(25)26-20(2,3)4/h13-14H,5-12H2,1-4H3,(H,21,25). The van der Waals surface area contributed by atoms with Crippen LogP contribution in [0.25, 0.3) is 0 Å². The van der Waals surface area contributed by atoms with E-state index in [1.807, 2.05) is 33.8 Å². The first-order valence-corrected chi connectivity index (χ1v) is 9.48. The van der Waals surface area contributed by atoms with Crippen molar-refractivity contribution in [3.8, 4) is 0 Å². The van der Waals surface area contributed by atoms with Gasteiger partial charge in [0.25, 0.3) is 0 Å². The number of amides is 1. The van der Waals surface area contributed by atoms with E-state index in [1.54, 1.807) is 6.20 Å². The van der Waals surface area contributed by atoms with Gasteiger partial charge >= 0.3 is 6.09 Å². The van der Waals surface area contributed by atoms with Crippen LogP contribution in [0.4, 0.5) is 10.6 Å². The molecular weight excluding hydrogens is 330 g/mol. The zero-order valence-corrected chi connectivity index (χ0v) is 16.4. The third-order valence-electron chi connectivity index (χ3n) is 4.28. The Bertz CT molecular complexity index is 632. The molecule has 144 valence electrons. The highest BCUT2D eigenvalue weighted by Gasteiger charge is 2.17. The van der Waals surface area contributed by atoms with Gasteiger partial charge in [0.1, 0.15) is 11.4 Å². The van der Waals surface area contributed by atoms with Crippen LogP contribution in [0, 0.1) is 6.92 Å². The molecule has 0 aromatic carbocycles. The predicted molar refractivity (Wildman–Crippen MR) is 103 cm³/mol. The van der Waals surface area contributed by atoms with Gasteiger partial charge < -0.3 is 15.0 Å². The first kappa shape index (κ1) is 20.2. The molecule has 1 aromatic heterocycles. The minimum Gasteiger partial charge on any atom is -0.444 e. The molecule has 2 rings (SSSR count). The van der Waals surface area contributed by atoms with Gasteiger partial charge in [0.15, 0.2) is 5.78 Å². The van der Waals surface area contributed by atoms with Crippen molar-refractivity contribution in [1.82, 2.24) is 10.3 Å². The Morgan fingerprint density at radius 1 is 1.23 bits per heavy atom. The third kappa shape index (κ3) is 6.32. The number of aromatic nitrogens is 1. The van der Waals surface area contributed by atoms with Gasteiger partial charge in [0.05, 0.1) is 0 Å². The fourth-order valence-corrected chi connectivity index (χ4v) is 3.04. The van der Waals surface area contributed by atoms with Crippen molar-refractivity contribution in [3.05, 3.63) is 23.4 Å². The number of unbranched alkanes of at least 4 members (excludes halogenated alkanes) is 1. The van der Waals surface area contributed by atoms with Crippen LogP contribution in [0.3, 0.4) is 0 Å². The number of Topliss-reactive ketones (excluding diaryl/α,β-unsaturated/α-hetero) is 1. The number of carbonyl (C=O) groups is 2. The van der Waals surface area contributed by atoms with Crippen LogP contribution < -0.4 is 10.2 Å². The molecule has 1 saturated heterocycles. The third-order valence-corrected chi connectivity index (χ3v) is 4.28. The summed E-state index contributed by atoms with van der Waals surface area (Å²) in [4.78, 5) is 30.7. The van der Waals surface area contributed by atoms with Crippen LogP contribution in [0.2, 0.25) is 0 Å². The Hall–Kier alpha value is -2.11. The largest absolute Gasteiger partial charge is 0.444 e. The molecule has 1 aliphatic rings. The number of anilines is 1. The molecular formula is C20H31N3O3. The number of alkyl carbamates (subject to hydrolysis) is 1. The van der Waals surface area contributed by atoms with Gasteiger partial charge in [0.2, 0.25) is 0 Å². The summed E-state index contributed by atoms with van der Waals surface area (Å²) >= 11 is 0. The van der Waals surface area contributed by atoms with E-state index in [1.165, 1.54) is 12.8 Å². The molecule has 0 unspecified atom stereocenters. The minimum absolute atomic E-state index is 0.103. The Labute approximate surface area is 156 Å². The normalized spacial score (nSPS) is 14.4. The highest BCUT2D eigenvalue weighted by Crippen LogP contribution is 2.22. The number of pyridine rings is 1. The molecule has 2 heterocycles. The summed E-state index contributed by atoms with van der Waals surface area (Å²) in [5, 5.41) is 2.71.